The van der Waals surface area contributed by atoms with Crippen molar-refractivity contribution < 1.29 is 4.79 Å². The average Bonchev–Trinajstić information content (AvgIpc) is 3.44. The van der Waals surface area contributed by atoms with Crippen LogP contribution in [0, 0.1) is 13.8 Å². The van der Waals surface area contributed by atoms with Gasteiger partial charge in [0.1, 0.15) is 12.0 Å². The smallest absolute Gasteiger partial charge is 0.220 e. The van der Waals surface area contributed by atoms with E-state index in [9.17, 15) is 4.79 Å². The minimum atomic E-state index is 0.0669. The van der Waals surface area contributed by atoms with Crippen molar-refractivity contribution >= 4 is 11.7 Å². The largest absolute Gasteiger partial charge is 0.356 e. The second kappa shape index (κ2) is 9.27. The fraction of sp³-hybridized carbons (Fsp3) is 0.385. The third-order valence-electron chi connectivity index (χ3n) is 6.78. The van der Waals surface area contributed by atoms with Gasteiger partial charge < -0.3 is 15.2 Å². The lowest BCUT2D eigenvalue weighted by Gasteiger charge is -2.37. The van der Waals surface area contributed by atoms with Crippen LogP contribution in [0.3, 0.4) is 0 Å². The third kappa shape index (κ3) is 4.59. The van der Waals surface area contributed by atoms with Gasteiger partial charge in [-0.25, -0.2) is 5.43 Å². The summed E-state index contributed by atoms with van der Waals surface area (Å²) in [6.45, 7) is 4.97. The van der Waals surface area contributed by atoms with E-state index in [-0.39, 0.29) is 24.2 Å². The van der Waals surface area contributed by atoms with Crippen molar-refractivity contribution in [2.24, 2.45) is 5.10 Å². The monoisotopic (exact) mass is 444 g/mol. The van der Waals surface area contributed by atoms with Gasteiger partial charge in [0.25, 0.3) is 0 Å². The zero-order chi connectivity index (χ0) is 22.8. The molecule has 33 heavy (non-hydrogen) atoms. The second-order valence-electron chi connectivity index (χ2n) is 9.14. The van der Waals surface area contributed by atoms with E-state index in [1.165, 1.54) is 22.3 Å². The number of hydrogen-bond acceptors (Lipinski definition) is 6. The number of nitrogens with zero attached hydrogens (tertiary/aromatic N) is 3. The van der Waals surface area contributed by atoms with Crippen LogP contribution in [0.2, 0.25) is 0 Å². The number of hydrazine groups is 1. The molecule has 172 valence electrons. The number of carbonyl (C=O) groups excluding carboxylic acids is 1. The summed E-state index contributed by atoms with van der Waals surface area (Å²) in [4.78, 5) is 14.5. The molecule has 2 aromatic rings. The highest BCUT2D eigenvalue weighted by molar-refractivity contribution is 5.89. The minimum Gasteiger partial charge on any atom is -0.356 e. The fourth-order valence-corrected chi connectivity index (χ4v) is 4.95. The van der Waals surface area contributed by atoms with Crippen LogP contribution >= 0.6 is 0 Å². The Morgan fingerprint density at radius 2 is 1.97 bits per heavy atom. The molecular formula is C26H32N6O. The lowest BCUT2D eigenvalue weighted by atomic mass is 9.95. The van der Waals surface area contributed by atoms with E-state index in [1.54, 1.807) is 0 Å². The van der Waals surface area contributed by atoms with Crippen molar-refractivity contribution in [3.63, 3.8) is 0 Å². The highest BCUT2D eigenvalue weighted by Crippen LogP contribution is 2.35. The number of hydrazone groups is 1. The van der Waals surface area contributed by atoms with Crippen molar-refractivity contribution in [3.8, 4) is 0 Å². The number of fused-ring (bicyclic) bond motifs is 3. The maximum absolute atomic E-state index is 12.4. The summed E-state index contributed by atoms with van der Waals surface area (Å²) in [6.07, 6.45) is 7.12. The zero-order valence-electron chi connectivity index (χ0n) is 19.3. The molecule has 3 heterocycles. The van der Waals surface area contributed by atoms with Crippen LogP contribution in [-0.2, 0) is 11.2 Å². The quantitative estimate of drug-likeness (QED) is 0.612. The molecule has 0 radical (unpaired) electrons. The summed E-state index contributed by atoms with van der Waals surface area (Å²) < 4.78 is 0. The predicted molar refractivity (Wildman–Crippen MR) is 130 cm³/mol. The topological polar surface area (TPSA) is 72.0 Å². The SMILES string of the molecule is Cc1ccc(C)c(C2CC3C4NN=C(CCC(=O)NCCc5ccccc5)N4C=CN3N2)c1. The van der Waals surface area contributed by atoms with E-state index in [1.807, 2.05) is 18.2 Å². The second-order valence-corrected chi connectivity index (χ2v) is 9.14. The van der Waals surface area contributed by atoms with Crippen LogP contribution in [0.1, 0.15) is 47.6 Å². The number of rotatable bonds is 7. The van der Waals surface area contributed by atoms with Gasteiger partial charge in [-0.2, -0.15) is 5.10 Å². The van der Waals surface area contributed by atoms with Crippen LogP contribution in [0.15, 0.2) is 66.0 Å². The molecule has 0 aliphatic carbocycles. The first-order valence-electron chi connectivity index (χ1n) is 11.8. The molecule has 0 aromatic heterocycles. The highest BCUT2D eigenvalue weighted by Gasteiger charge is 2.44. The molecule has 0 spiro atoms. The molecule has 1 saturated heterocycles. The van der Waals surface area contributed by atoms with Gasteiger partial charge in [-0.15, -0.1) is 0 Å². The fourth-order valence-electron chi connectivity index (χ4n) is 4.95. The summed E-state index contributed by atoms with van der Waals surface area (Å²) in [5.74, 6) is 0.988. The van der Waals surface area contributed by atoms with Crippen molar-refractivity contribution in [1.82, 2.24) is 26.1 Å². The number of amides is 1. The van der Waals surface area contributed by atoms with Crippen molar-refractivity contribution in [2.75, 3.05) is 6.54 Å². The van der Waals surface area contributed by atoms with Crippen LogP contribution < -0.4 is 16.2 Å². The van der Waals surface area contributed by atoms with Crippen LogP contribution in [0.4, 0.5) is 0 Å². The molecule has 7 nitrogen and oxygen atoms in total. The van der Waals surface area contributed by atoms with Gasteiger partial charge in [0.15, 0.2) is 0 Å². The highest BCUT2D eigenvalue weighted by atomic mass is 16.1. The Balaban J connectivity index is 1.13. The van der Waals surface area contributed by atoms with E-state index in [0.717, 1.165) is 18.7 Å². The summed E-state index contributed by atoms with van der Waals surface area (Å²) in [7, 11) is 0. The van der Waals surface area contributed by atoms with Crippen LogP contribution in [-0.4, -0.2) is 40.4 Å². The average molecular weight is 445 g/mol. The molecule has 2 aromatic carbocycles. The molecular weight excluding hydrogens is 412 g/mol. The maximum atomic E-state index is 12.4. The number of hydrogen-bond donors (Lipinski definition) is 3. The third-order valence-corrected chi connectivity index (χ3v) is 6.78. The first kappa shape index (κ1) is 21.5. The van der Waals surface area contributed by atoms with Crippen LogP contribution in [0.25, 0.3) is 0 Å². The summed E-state index contributed by atoms with van der Waals surface area (Å²) in [5, 5.41) is 9.81. The van der Waals surface area contributed by atoms with Gasteiger partial charge in [0.2, 0.25) is 5.91 Å². The molecule has 3 unspecified atom stereocenters. The molecule has 0 bridgehead atoms. The Bertz CT molecular complexity index is 1070. The first-order valence-corrected chi connectivity index (χ1v) is 11.8. The van der Waals surface area contributed by atoms with E-state index < -0.39 is 0 Å². The Kier molecular flexibility index (Phi) is 6.05. The van der Waals surface area contributed by atoms with Gasteiger partial charge >= 0.3 is 0 Å². The Morgan fingerprint density at radius 3 is 2.82 bits per heavy atom. The Labute approximate surface area is 195 Å². The van der Waals surface area contributed by atoms with E-state index in [0.29, 0.717) is 19.4 Å². The normalized spacial score (nSPS) is 23.1. The van der Waals surface area contributed by atoms with Gasteiger partial charge in [0.05, 0.1) is 12.1 Å². The number of carbonyl (C=O) groups is 1. The zero-order valence-corrected chi connectivity index (χ0v) is 19.3. The lowest BCUT2D eigenvalue weighted by Crippen LogP contribution is -2.54. The molecule has 1 fully saturated rings. The van der Waals surface area contributed by atoms with Gasteiger partial charge in [-0.1, -0.05) is 54.1 Å². The van der Waals surface area contributed by atoms with Crippen molar-refractivity contribution in [3.05, 3.63) is 83.2 Å². The molecule has 3 aliphatic heterocycles. The predicted octanol–water partition coefficient (Wildman–Crippen LogP) is 3.09. The number of nitrogens with one attached hydrogen (secondary N) is 3. The summed E-state index contributed by atoms with van der Waals surface area (Å²) in [5.41, 5.74) is 12.2. The molecule has 7 heteroatoms. The van der Waals surface area contributed by atoms with Gasteiger partial charge in [-0.05, 0) is 43.4 Å². The number of benzene rings is 2. The molecule has 3 N–H and O–H groups in total. The minimum absolute atomic E-state index is 0.0669. The standard InChI is InChI=1S/C26H32N6O/c1-18-8-9-19(2)21(16-18)22-17-23-26-29-28-24(31(26)14-15-32(23)30-22)10-11-25(33)27-13-12-20-6-4-3-5-7-20/h3-9,14-16,22-23,26,29-30H,10-13,17H2,1-2H3,(H,27,33). The number of amidine groups is 1. The van der Waals surface area contributed by atoms with E-state index in [4.69, 9.17) is 0 Å². The maximum Gasteiger partial charge on any atom is 0.220 e. The Morgan fingerprint density at radius 1 is 1.12 bits per heavy atom. The number of aryl methyl sites for hydroxylation is 2. The summed E-state index contributed by atoms with van der Waals surface area (Å²) >= 11 is 0. The molecule has 5 rings (SSSR count). The van der Waals surface area contributed by atoms with Crippen molar-refractivity contribution in [2.45, 2.75) is 57.8 Å². The Hall–Kier alpha value is -3.32. The van der Waals surface area contributed by atoms with Crippen molar-refractivity contribution in [1.29, 1.82) is 0 Å². The molecule has 1 amide bonds. The molecule has 3 aliphatic rings. The molecule has 3 atom stereocenters. The molecule has 0 saturated carbocycles. The van der Waals surface area contributed by atoms with E-state index >= 15 is 0 Å². The van der Waals surface area contributed by atoms with Gasteiger partial charge in [-0.3, -0.25) is 10.2 Å². The van der Waals surface area contributed by atoms with Crippen LogP contribution in [0.5, 0.6) is 0 Å². The van der Waals surface area contributed by atoms with Gasteiger partial charge in [0, 0.05) is 31.8 Å². The first-order chi connectivity index (χ1) is 16.1. The van der Waals surface area contributed by atoms with E-state index in [2.05, 4.69) is 87.8 Å². The lowest BCUT2D eigenvalue weighted by molar-refractivity contribution is -0.120. The summed E-state index contributed by atoms with van der Waals surface area (Å²) in [6, 6.07) is 17.4.